The molecule has 358 valence electrons. The zero-order valence-corrected chi connectivity index (χ0v) is 39.2. The van der Waals surface area contributed by atoms with Gasteiger partial charge in [-0.05, 0) is 89.0 Å². The van der Waals surface area contributed by atoms with Gasteiger partial charge in [0.2, 0.25) is 19.2 Å². The lowest BCUT2D eigenvalue weighted by Crippen LogP contribution is -2.55. The van der Waals surface area contributed by atoms with E-state index >= 15 is 0 Å². The van der Waals surface area contributed by atoms with E-state index in [1.807, 2.05) is 19.2 Å². The van der Waals surface area contributed by atoms with Crippen LogP contribution in [0.15, 0.2) is 41.8 Å². The molecule has 4 N–H and O–H groups in total. The van der Waals surface area contributed by atoms with Gasteiger partial charge in [0.25, 0.3) is 0 Å². The fourth-order valence-corrected chi connectivity index (χ4v) is 13.2. The molecule has 2 aromatic heterocycles. The number of aromatic nitrogens is 2. The molecule has 4 aliphatic rings. The van der Waals surface area contributed by atoms with Crippen molar-refractivity contribution in [2.75, 3.05) is 19.0 Å². The van der Waals surface area contributed by atoms with Crippen molar-refractivity contribution in [3.05, 3.63) is 64.0 Å². The quantitative estimate of drug-likeness (QED) is 0.105. The Morgan fingerprint density at radius 3 is 2.41 bits per heavy atom. The average Bonchev–Trinajstić information content (AvgIpc) is 3.68. The van der Waals surface area contributed by atoms with E-state index in [0.29, 0.717) is 64.6 Å². The summed E-state index contributed by atoms with van der Waals surface area (Å²) in [7, 11) is -3.06. The second-order valence-electron chi connectivity index (χ2n) is 18.0. The monoisotopic (exact) mass is 972 g/mol. The Morgan fingerprint density at radius 1 is 1.00 bits per heavy atom. The number of amides is 3. The average molecular weight is 974 g/mol. The summed E-state index contributed by atoms with van der Waals surface area (Å²) in [6.45, 7) is 3.92. The molecule has 14 nitrogen and oxygen atoms in total. The van der Waals surface area contributed by atoms with E-state index in [0.717, 1.165) is 57.1 Å². The molecular formula is C47H60ClF2N6O8PS. The topological polar surface area (TPSA) is 181 Å². The lowest BCUT2D eigenvalue weighted by atomic mass is 10.0. The Hall–Kier alpha value is -4.57. The molecule has 2 aromatic carbocycles. The number of halogens is 3. The molecule has 2 aliphatic carbocycles. The number of carbonyl (C=O) groups is 3. The zero-order chi connectivity index (χ0) is 46.0. The van der Waals surface area contributed by atoms with Crippen LogP contribution in [0.3, 0.4) is 0 Å². The van der Waals surface area contributed by atoms with Crippen LogP contribution < -0.4 is 25.4 Å². The summed E-state index contributed by atoms with van der Waals surface area (Å²) in [5.74, 6) is -2.85. The smallest absolute Gasteiger partial charge is 0.408 e. The minimum atomic E-state index is -4.56. The van der Waals surface area contributed by atoms with E-state index in [1.165, 1.54) is 29.4 Å². The van der Waals surface area contributed by atoms with Crippen LogP contribution in [0.5, 0.6) is 11.5 Å². The number of carbonyl (C=O) groups excluding carboxylic acids is 3. The van der Waals surface area contributed by atoms with Crippen molar-refractivity contribution in [2.45, 2.75) is 147 Å². The van der Waals surface area contributed by atoms with E-state index in [2.05, 4.69) is 16.0 Å². The van der Waals surface area contributed by atoms with E-state index in [1.54, 1.807) is 18.2 Å². The Morgan fingerprint density at radius 2 is 1.70 bits per heavy atom. The fourth-order valence-electron chi connectivity index (χ4n) is 9.58. The molecule has 3 amide bonds. The molecule has 6 atom stereocenters. The Kier molecular flexibility index (Phi) is 15.5. The Bertz CT molecular complexity index is 2460. The number of nitrogens with zero attached hydrogens (tertiary/aromatic N) is 3. The van der Waals surface area contributed by atoms with Gasteiger partial charge in [0.05, 0.1) is 31.0 Å². The van der Waals surface area contributed by atoms with Crippen LogP contribution in [0.2, 0.25) is 5.02 Å². The number of pyridine rings is 1. The van der Waals surface area contributed by atoms with Crippen LogP contribution in [0.4, 0.5) is 18.7 Å². The van der Waals surface area contributed by atoms with Crippen molar-refractivity contribution in [1.82, 2.24) is 25.5 Å². The van der Waals surface area contributed by atoms with Gasteiger partial charge in [-0.3, -0.25) is 14.2 Å². The highest BCUT2D eigenvalue weighted by Crippen LogP contribution is 2.71. The third kappa shape index (κ3) is 10.6. The first-order chi connectivity index (χ1) is 31.2. The maximum atomic E-state index is 15.0. The van der Waals surface area contributed by atoms with Crippen molar-refractivity contribution in [1.29, 1.82) is 0 Å². The third-order valence-corrected chi connectivity index (χ3v) is 16.9. The van der Waals surface area contributed by atoms with Crippen LogP contribution in [0, 0.1) is 17.6 Å². The molecule has 2 saturated carbocycles. The lowest BCUT2D eigenvalue weighted by molar-refractivity contribution is -0.140. The predicted molar refractivity (Wildman–Crippen MR) is 251 cm³/mol. The Labute approximate surface area is 393 Å². The number of rotatable bonds is 11. The number of fused-ring (bicyclic) bond motifs is 3. The summed E-state index contributed by atoms with van der Waals surface area (Å²) >= 11 is 8.28. The molecule has 1 unspecified atom stereocenters. The van der Waals surface area contributed by atoms with Crippen molar-refractivity contribution in [3.8, 4) is 22.9 Å². The van der Waals surface area contributed by atoms with E-state index in [9.17, 15) is 32.6 Å². The molecule has 4 aromatic rings. The van der Waals surface area contributed by atoms with Crippen molar-refractivity contribution in [2.24, 2.45) is 5.92 Å². The molecule has 8 rings (SSSR count). The molecule has 0 bridgehead atoms. The summed E-state index contributed by atoms with van der Waals surface area (Å²) in [5, 5.41) is 10.7. The van der Waals surface area contributed by atoms with Gasteiger partial charge in [0, 0.05) is 34.9 Å². The molecule has 0 radical (unpaired) electrons. The highest BCUT2D eigenvalue weighted by Gasteiger charge is 2.66. The zero-order valence-electron chi connectivity index (χ0n) is 36.7. The number of nitrogens with one attached hydrogen (secondary N) is 3. The summed E-state index contributed by atoms with van der Waals surface area (Å²) in [4.78, 5) is 65.9. The number of alkyl carbamates (subject to hydrolysis) is 1. The molecule has 4 fully saturated rings. The SMILES string of the molecule is C.COc1ccc2c(O[C@@H]3C[C@H]4C(=O)N[C@]5(P(=O)(O)Cc6c(F)cccc6F)C[C@H]5CCCCCCC[C@H](NC(=O)OC5CCCC5)C(=O)N4C3)cc(-c3csc(NC(C)C)n3)nc2c1Cl. The minimum absolute atomic E-state index is 0. The van der Waals surface area contributed by atoms with Crippen molar-refractivity contribution < 1.29 is 46.8 Å². The summed E-state index contributed by atoms with van der Waals surface area (Å²) in [6, 6.07) is 6.29. The van der Waals surface area contributed by atoms with Gasteiger partial charge >= 0.3 is 6.09 Å². The van der Waals surface area contributed by atoms with E-state index < -0.39 is 78.0 Å². The second-order valence-corrected chi connectivity index (χ2v) is 21.8. The molecule has 19 heteroatoms. The molecule has 2 saturated heterocycles. The molecule has 2 aliphatic heterocycles. The maximum Gasteiger partial charge on any atom is 0.408 e. The number of thiazole rings is 1. The molecule has 0 spiro atoms. The highest BCUT2D eigenvalue weighted by atomic mass is 35.5. The number of methoxy groups -OCH3 is 1. The first-order valence-electron chi connectivity index (χ1n) is 22.6. The van der Waals surface area contributed by atoms with Crippen LogP contribution in [0.25, 0.3) is 22.3 Å². The first-order valence-corrected chi connectivity index (χ1v) is 25.7. The van der Waals surface area contributed by atoms with Crippen LogP contribution >= 0.6 is 30.3 Å². The highest BCUT2D eigenvalue weighted by molar-refractivity contribution is 7.59. The van der Waals surface area contributed by atoms with E-state index in [4.69, 9.17) is 35.8 Å². The standard InChI is InChI=1S/C46H56ClF2N6O8PS.CH4/c1-26(2)50-44-52-36(25-65-44)35-21-39(30-18-19-38(61-3)40(47)41(30)51-35)62-29-20-37-42(56)54-46(64(59,60)24-31-32(48)15-11-16-33(31)49)22-27(46)12-7-5-4-6-8-17-34(43(57)55(37)23-29)53-45(58)63-28-13-9-10-14-28;/h11,15-16,18-19,21,25-29,34,37H,4-10,12-14,17,20,22-24H2,1-3H3,(H,50,52)(H,53,58)(H,54,56)(H,59,60);1H4/t27-,29-,34+,37+,46+;/m1./s1. The lowest BCUT2D eigenvalue weighted by Gasteiger charge is -2.31. The van der Waals surface area contributed by atoms with Crippen LogP contribution in [-0.4, -0.2) is 86.9 Å². The van der Waals surface area contributed by atoms with Crippen molar-refractivity contribution >= 4 is 64.2 Å². The van der Waals surface area contributed by atoms with E-state index in [-0.39, 0.29) is 44.0 Å². The number of benzene rings is 2. The van der Waals surface area contributed by atoms with Gasteiger partial charge in [-0.15, -0.1) is 11.3 Å². The van der Waals surface area contributed by atoms with Gasteiger partial charge in [-0.1, -0.05) is 57.2 Å². The summed E-state index contributed by atoms with van der Waals surface area (Å²) in [5.41, 5.74) is 0.862. The second kappa shape index (κ2) is 20.7. The van der Waals surface area contributed by atoms with Gasteiger partial charge < -0.3 is 40.0 Å². The number of ether oxygens (including phenoxy) is 3. The number of hydrogen-bond donors (Lipinski definition) is 4. The summed E-state index contributed by atoms with van der Waals surface area (Å²) < 4.78 is 62.5. The molecular weight excluding hydrogens is 913 g/mol. The number of hydrogen-bond acceptors (Lipinski definition) is 11. The first kappa shape index (κ1) is 49.3. The predicted octanol–water partition coefficient (Wildman–Crippen LogP) is 10.2. The molecule has 4 heterocycles. The summed E-state index contributed by atoms with van der Waals surface area (Å²) in [6.07, 6.45) is 5.33. The maximum absolute atomic E-state index is 15.0. The Balaban J connectivity index is 0.00000648. The van der Waals surface area contributed by atoms with Crippen LogP contribution in [-0.2, 0) is 25.1 Å². The largest absolute Gasteiger partial charge is 0.495 e. The number of anilines is 1. The van der Waals surface area contributed by atoms with Gasteiger partial charge in [0.1, 0.15) is 63.4 Å². The fraction of sp³-hybridized carbons (Fsp3) is 0.553. The molecule has 66 heavy (non-hydrogen) atoms. The third-order valence-electron chi connectivity index (χ3n) is 13.1. The normalized spacial score (nSPS) is 24.8. The van der Waals surface area contributed by atoms with Gasteiger partial charge in [0.15, 0.2) is 5.13 Å². The van der Waals surface area contributed by atoms with Gasteiger partial charge in [-0.25, -0.2) is 23.5 Å². The van der Waals surface area contributed by atoms with Gasteiger partial charge in [-0.2, -0.15) is 0 Å². The van der Waals surface area contributed by atoms with Crippen molar-refractivity contribution in [3.63, 3.8) is 0 Å². The van der Waals surface area contributed by atoms with Crippen LogP contribution in [0.1, 0.15) is 110 Å². The minimum Gasteiger partial charge on any atom is -0.495 e.